The van der Waals surface area contributed by atoms with Gasteiger partial charge < -0.3 is 35.4 Å². The first kappa shape index (κ1) is 39.5. The van der Waals surface area contributed by atoms with E-state index in [9.17, 15) is 19.2 Å². The number of nitrogens with zero attached hydrogens (tertiary/aromatic N) is 1. The molecule has 5 N–H and O–H groups in total. The van der Waals surface area contributed by atoms with Crippen LogP contribution in [0.25, 0.3) is 21.5 Å². The molecule has 4 rings (SSSR count). The Bertz CT molecular complexity index is 1770. The van der Waals surface area contributed by atoms with Crippen LogP contribution in [0.5, 0.6) is 0 Å². The predicted octanol–water partition coefficient (Wildman–Crippen LogP) is 5.46. The number of carbonyl (C=O) groups excluding carboxylic acids is 3. The van der Waals surface area contributed by atoms with E-state index in [1.54, 1.807) is 4.90 Å². The zero-order chi connectivity index (χ0) is 37.3. The summed E-state index contributed by atoms with van der Waals surface area (Å²) in [4.78, 5) is 58.0. The van der Waals surface area contributed by atoms with Crippen molar-refractivity contribution in [2.45, 2.75) is 71.5 Å². The van der Waals surface area contributed by atoms with Gasteiger partial charge in [-0.2, -0.15) is 0 Å². The molecule has 0 aliphatic heterocycles. The van der Waals surface area contributed by atoms with Gasteiger partial charge in [-0.15, -0.1) is 0 Å². The van der Waals surface area contributed by atoms with E-state index in [2.05, 4.69) is 21.4 Å². The highest BCUT2D eigenvalue weighted by Gasteiger charge is 2.34. The summed E-state index contributed by atoms with van der Waals surface area (Å²) in [6.07, 6.45) is -0.772. The number of hydroxylamine groups is 1. The lowest BCUT2D eigenvalue weighted by Crippen LogP contribution is -2.55. The van der Waals surface area contributed by atoms with Crippen LogP contribution < -0.4 is 21.4 Å². The van der Waals surface area contributed by atoms with Crippen molar-refractivity contribution in [3.63, 3.8) is 0 Å². The van der Waals surface area contributed by atoms with Crippen LogP contribution in [0.1, 0.15) is 51.2 Å². The molecule has 13 heteroatoms. The molecule has 5 amide bonds. The summed E-state index contributed by atoms with van der Waals surface area (Å²) in [5, 5.41) is 20.9. The fourth-order valence-corrected chi connectivity index (χ4v) is 6.03. The highest BCUT2D eigenvalue weighted by atomic mass is 16.7. The molecule has 52 heavy (non-hydrogen) atoms. The molecule has 0 aliphatic carbocycles. The maximum absolute atomic E-state index is 14.5. The number of amides is 5. The van der Waals surface area contributed by atoms with Crippen LogP contribution in [0.15, 0.2) is 84.9 Å². The zero-order valence-corrected chi connectivity index (χ0v) is 29.9. The topological polar surface area (TPSA) is 168 Å². The van der Waals surface area contributed by atoms with Gasteiger partial charge in [0, 0.05) is 32.8 Å². The van der Waals surface area contributed by atoms with Crippen molar-refractivity contribution in [2.75, 3.05) is 26.4 Å². The normalized spacial score (nSPS) is 12.3. The van der Waals surface area contributed by atoms with Crippen LogP contribution in [-0.4, -0.2) is 78.7 Å². The van der Waals surface area contributed by atoms with E-state index in [4.69, 9.17) is 19.4 Å². The lowest BCUT2D eigenvalue weighted by molar-refractivity contribution is -0.180. The number of hydrogen-bond donors (Lipinski definition) is 5. The average Bonchev–Trinajstić information content (AvgIpc) is 3.14. The Labute approximate surface area is 303 Å². The first-order valence-electron chi connectivity index (χ1n) is 17.6. The fourth-order valence-electron chi connectivity index (χ4n) is 6.03. The van der Waals surface area contributed by atoms with Gasteiger partial charge in [0.1, 0.15) is 6.04 Å². The molecule has 0 aliphatic rings. The van der Waals surface area contributed by atoms with E-state index in [1.165, 1.54) is 0 Å². The summed E-state index contributed by atoms with van der Waals surface area (Å²) in [5.74, 6) is -0.995. The second-order valence-electron chi connectivity index (χ2n) is 12.2. The SMILES string of the molecule is CCOC(OCC)[C@H](C)N(Cc1cccc2ccccc12)C(=O)[C@H](CCCCNC(=O)O)NC(=O)CONC(=O)NCc1cccc2ccccc12. The number of urea groups is 1. The van der Waals surface area contributed by atoms with E-state index >= 15 is 0 Å². The lowest BCUT2D eigenvalue weighted by atomic mass is 10.0. The van der Waals surface area contributed by atoms with Crippen molar-refractivity contribution in [2.24, 2.45) is 0 Å². The van der Waals surface area contributed by atoms with Crippen LogP contribution in [0.3, 0.4) is 0 Å². The van der Waals surface area contributed by atoms with E-state index in [1.807, 2.05) is 106 Å². The average molecular weight is 716 g/mol. The van der Waals surface area contributed by atoms with Gasteiger partial charge >= 0.3 is 12.1 Å². The Morgan fingerprint density at radius 2 is 1.37 bits per heavy atom. The summed E-state index contributed by atoms with van der Waals surface area (Å²) in [5.41, 5.74) is 4.06. The Balaban J connectivity index is 1.46. The second-order valence-corrected chi connectivity index (χ2v) is 12.2. The maximum atomic E-state index is 14.5. The van der Waals surface area contributed by atoms with Crippen molar-refractivity contribution in [3.8, 4) is 0 Å². The minimum atomic E-state index is -1.14. The number of fused-ring (bicyclic) bond motifs is 2. The summed E-state index contributed by atoms with van der Waals surface area (Å²) < 4.78 is 11.8. The molecule has 2 atom stereocenters. The molecule has 4 aromatic carbocycles. The number of nitrogens with one attached hydrogen (secondary N) is 4. The Kier molecular flexibility index (Phi) is 15.6. The number of carbonyl (C=O) groups is 4. The number of unbranched alkanes of at least 4 members (excludes halogenated alkanes) is 1. The van der Waals surface area contributed by atoms with Crippen LogP contribution >= 0.6 is 0 Å². The van der Waals surface area contributed by atoms with E-state index in [0.29, 0.717) is 26.1 Å². The molecule has 278 valence electrons. The number of hydrogen-bond acceptors (Lipinski definition) is 7. The largest absolute Gasteiger partial charge is 0.465 e. The first-order chi connectivity index (χ1) is 25.2. The summed E-state index contributed by atoms with van der Waals surface area (Å²) in [7, 11) is 0. The Morgan fingerprint density at radius 3 is 2.00 bits per heavy atom. The molecule has 0 saturated heterocycles. The fraction of sp³-hybridized carbons (Fsp3) is 0.385. The molecular formula is C39H49N5O8. The van der Waals surface area contributed by atoms with E-state index < -0.39 is 43.0 Å². The Hall–Kier alpha value is -5.24. The maximum Gasteiger partial charge on any atom is 0.404 e. The van der Waals surface area contributed by atoms with Gasteiger partial charge in [-0.3, -0.25) is 14.4 Å². The van der Waals surface area contributed by atoms with E-state index in [-0.39, 0.29) is 32.0 Å². The van der Waals surface area contributed by atoms with Gasteiger partial charge in [0.05, 0.1) is 6.04 Å². The van der Waals surface area contributed by atoms with E-state index in [0.717, 1.165) is 32.7 Å². The highest BCUT2D eigenvalue weighted by Crippen LogP contribution is 2.24. The number of benzene rings is 4. The van der Waals surface area contributed by atoms with Gasteiger partial charge in [-0.25, -0.2) is 15.1 Å². The van der Waals surface area contributed by atoms with Gasteiger partial charge in [0.2, 0.25) is 11.8 Å². The highest BCUT2D eigenvalue weighted by molar-refractivity contribution is 5.90. The molecule has 4 aromatic rings. The van der Waals surface area contributed by atoms with Crippen LogP contribution in [0.2, 0.25) is 0 Å². The predicted molar refractivity (Wildman–Crippen MR) is 198 cm³/mol. The summed E-state index contributed by atoms with van der Waals surface area (Å²) in [6, 6.07) is 25.3. The van der Waals surface area contributed by atoms with Crippen LogP contribution in [0.4, 0.5) is 9.59 Å². The molecule has 0 bridgehead atoms. The second kappa shape index (κ2) is 20.6. The molecule has 0 fully saturated rings. The standard InChI is InChI=1S/C39H49N5O8/c1-4-50-37(51-5-2)27(3)44(25-31-19-13-17-29-15-7-9-21-33(29)31)36(46)34(22-10-11-23-40-39(48)49)42-35(45)26-52-43-38(47)41-24-30-18-12-16-28-14-6-8-20-32(28)30/h6-9,12-21,27,34,37,40H,4-5,10-11,22-26H2,1-3H3,(H,42,45)(H,48,49)(H2,41,43,47)/t27-,34-/m0/s1. The molecule has 0 spiro atoms. The summed E-state index contributed by atoms with van der Waals surface area (Å²) in [6.45, 7) is 6.36. The zero-order valence-electron chi connectivity index (χ0n) is 29.9. The minimum absolute atomic E-state index is 0.192. The first-order valence-corrected chi connectivity index (χ1v) is 17.6. The smallest absolute Gasteiger partial charge is 0.404 e. The quantitative estimate of drug-likeness (QED) is 0.0457. The van der Waals surface area contributed by atoms with Crippen molar-refractivity contribution < 1.29 is 38.6 Å². The van der Waals surface area contributed by atoms with Gasteiger partial charge in [-0.1, -0.05) is 84.9 Å². The third-order valence-corrected chi connectivity index (χ3v) is 8.57. The molecule has 0 radical (unpaired) electrons. The van der Waals surface area contributed by atoms with Gasteiger partial charge in [0.25, 0.3) is 0 Å². The molecule has 0 saturated carbocycles. The molecule has 13 nitrogen and oxygen atoms in total. The number of rotatable bonds is 20. The van der Waals surface area contributed by atoms with Crippen molar-refractivity contribution in [1.82, 2.24) is 26.3 Å². The van der Waals surface area contributed by atoms with Crippen LogP contribution in [0, 0.1) is 0 Å². The monoisotopic (exact) mass is 715 g/mol. The number of ether oxygens (including phenoxy) is 2. The van der Waals surface area contributed by atoms with Crippen LogP contribution in [-0.2, 0) is 37.0 Å². The van der Waals surface area contributed by atoms with Crippen molar-refractivity contribution >= 4 is 45.5 Å². The van der Waals surface area contributed by atoms with Gasteiger partial charge in [-0.05, 0) is 72.7 Å². The molecular weight excluding hydrogens is 666 g/mol. The number of carboxylic acid groups (broad SMARTS) is 1. The lowest BCUT2D eigenvalue weighted by Gasteiger charge is -2.37. The third kappa shape index (κ3) is 11.7. The summed E-state index contributed by atoms with van der Waals surface area (Å²) >= 11 is 0. The molecule has 0 aromatic heterocycles. The third-order valence-electron chi connectivity index (χ3n) is 8.57. The minimum Gasteiger partial charge on any atom is -0.465 e. The van der Waals surface area contributed by atoms with Gasteiger partial charge in [0.15, 0.2) is 12.9 Å². The molecule has 0 heterocycles. The Morgan fingerprint density at radius 1 is 0.769 bits per heavy atom. The van der Waals surface area contributed by atoms with Crippen molar-refractivity contribution in [1.29, 1.82) is 0 Å². The molecule has 0 unspecified atom stereocenters. The van der Waals surface area contributed by atoms with Crippen molar-refractivity contribution in [3.05, 3.63) is 96.1 Å².